The molecule has 1 aliphatic heterocycles. The van der Waals surface area contributed by atoms with Gasteiger partial charge in [-0.15, -0.1) is 0 Å². The summed E-state index contributed by atoms with van der Waals surface area (Å²) in [5, 5.41) is 16.3. The van der Waals surface area contributed by atoms with Gasteiger partial charge in [0.1, 0.15) is 11.7 Å². The van der Waals surface area contributed by atoms with E-state index in [1.165, 1.54) is 7.11 Å². The van der Waals surface area contributed by atoms with Crippen LogP contribution >= 0.6 is 35.0 Å². The Morgan fingerprint density at radius 3 is 2.51 bits per heavy atom. The van der Waals surface area contributed by atoms with Crippen LogP contribution in [0.2, 0.25) is 10.0 Å². The number of ether oxygens (including phenoxy) is 2. The predicted octanol–water partition coefficient (Wildman–Crippen LogP) is 4.50. The third kappa shape index (κ3) is 6.28. The molecule has 1 heterocycles. The van der Waals surface area contributed by atoms with E-state index in [1.807, 2.05) is 6.92 Å². The number of nitrogens with zero attached hydrogens (tertiary/aromatic N) is 1. The second-order valence-corrected chi connectivity index (χ2v) is 9.12. The van der Waals surface area contributed by atoms with Crippen molar-refractivity contribution in [2.24, 2.45) is 5.92 Å². The summed E-state index contributed by atoms with van der Waals surface area (Å²) >= 11 is 13.2. The molecule has 2 aromatic carbocycles. The predicted molar refractivity (Wildman–Crippen MR) is 134 cm³/mol. The highest BCUT2D eigenvalue weighted by atomic mass is 35.5. The lowest BCUT2D eigenvalue weighted by Gasteiger charge is -2.31. The van der Waals surface area contributed by atoms with Gasteiger partial charge < -0.3 is 20.1 Å². The highest BCUT2D eigenvalue weighted by Gasteiger charge is 2.44. The molecule has 0 unspecified atom stereocenters. The van der Waals surface area contributed by atoms with Gasteiger partial charge in [0.05, 0.1) is 41.2 Å². The maximum absolute atomic E-state index is 12.9. The number of allylic oxidation sites excluding steroid dienone is 1. The van der Waals surface area contributed by atoms with E-state index >= 15 is 0 Å². The normalized spacial score (nSPS) is 17.3. The zero-order valence-corrected chi connectivity index (χ0v) is 21.1. The summed E-state index contributed by atoms with van der Waals surface area (Å²) in [5.74, 6) is -3.73. The van der Waals surface area contributed by atoms with Gasteiger partial charge in [-0.05, 0) is 48.9 Å². The second-order valence-electron chi connectivity index (χ2n) is 7.29. The number of hydrogen-bond acceptors (Lipinski definition) is 7. The van der Waals surface area contributed by atoms with Gasteiger partial charge in [0.25, 0.3) is 0 Å². The number of rotatable bonds is 8. The van der Waals surface area contributed by atoms with Crippen molar-refractivity contribution < 1.29 is 23.9 Å². The number of benzene rings is 2. The summed E-state index contributed by atoms with van der Waals surface area (Å²) in [6.07, 6.45) is 0. The summed E-state index contributed by atoms with van der Waals surface area (Å²) in [7, 11) is 1.17. The molecular weight excluding hydrogens is 513 g/mol. The van der Waals surface area contributed by atoms with E-state index in [0.29, 0.717) is 28.6 Å². The number of esters is 1. The quantitative estimate of drug-likeness (QED) is 0.378. The zero-order chi connectivity index (χ0) is 25.5. The minimum absolute atomic E-state index is 0.0942. The van der Waals surface area contributed by atoms with E-state index in [0.717, 1.165) is 11.8 Å². The van der Waals surface area contributed by atoms with Crippen LogP contribution in [-0.2, 0) is 19.1 Å². The van der Waals surface area contributed by atoms with Gasteiger partial charge in [0, 0.05) is 16.6 Å². The average Bonchev–Trinajstić information content (AvgIpc) is 2.84. The number of amides is 2. The molecule has 1 aliphatic rings. The molecule has 182 valence electrons. The first-order valence-corrected chi connectivity index (χ1v) is 12.2. The van der Waals surface area contributed by atoms with Crippen molar-refractivity contribution in [3.8, 4) is 11.8 Å². The van der Waals surface area contributed by atoms with Crippen molar-refractivity contribution in [2.45, 2.75) is 12.8 Å². The van der Waals surface area contributed by atoms with E-state index < -0.39 is 23.7 Å². The highest BCUT2D eigenvalue weighted by Crippen LogP contribution is 2.42. The van der Waals surface area contributed by atoms with Gasteiger partial charge >= 0.3 is 5.97 Å². The second kappa shape index (κ2) is 12.0. The van der Waals surface area contributed by atoms with Crippen LogP contribution in [0.15, 0.2) is 53.1 Å². The number of thioether (sulfide) groups is 1. The minimum Gasteiger partial charge on any atom is -0.492 e. The lowest BCUT2D eigenvalue weighted by atomic mass is 9.78. The molecule has 0 radical (unpaired) electrons. The number of nitriles is 1. The lowest BCUT2D eigenvalue weighted by molar-refractivity contribution is -0.150. The Balaban J connectivity index is 1.92. The molecule has 8 nitrogen and oxygen atoms in total. The number of anilines is 1. The highest BCUT2D eigenvalue weighted by molar-refractivity contribution is 8.03. The number of halogens is 2. The molecule has 2 aromatic rings. The van der Waals surface area contributed by atoms with Crippen molar-refractivity contribution in [1.29, 1.82) is 5.26 Å². The standard InChI is InChI=1S/C24H21Cl2N3O5S/c1-3-34-18-9-4-13(10-17(18)26)20-16(11-27)23(29-22(31)21(20)24(32)33-2)35-12-19(30)28-15-7-5-14(25)6-8-15/h4-10,20-21H,3,12H2,1-2H3,(H,28,30)(H,29,31)/t20-,21+/m1/s1. The Morgan fingerprint density at radius 2 is 1.91 bits per heavy atom. The molecule has 0 saturated heterocycles. The maximum Gasteiger partial charge on any atom is 0.319 e. The number of nitrogens with one attached hydrogen (secondary N) is 2. The van der Waals surface area contributed by atoms with E-state index in [4.69, 9.17) is 32.7 Å². The van der Waals surface area contributed by atoms with E-state index in [2.05, 4.69) is 16.7 Å². The number of carbonyl (C=O) groups excluding carboxylic acids is 3. The van der Waals surface area contributed by atoms with Gasteiger partial charge in [-0.2, -0.15) is 5.26 Å². The summed E-state index contributed by atoms with van der Waals surface area (Å²) in [6, 6.07) is 13.5. The molecule has 2 amide bonds. The molecule has 0 aliphatic carbocycles. The van der Waals surface area contributed by atoms with Crippen LogP contribution in [0.3, 0.4) is 0 Å². The fourth-order valence-electron chi connectivity index (χ4n) is 3.53. The van der Waals surface area contributed by atoms with E-state index in [-0.39, 0.29) is 27.3 Å². The van der Waals surface area contributed by atoms with Crippen LogP contribution in [0.25, 0.3) is 0 Å². The Hall–Kier alpha value is -3.19. The molecule has 0 spiro atoms. The van der Waals surface area contributed by atoms with Crippen molar-refractivity contribution in [3.05, 3.63) is 68.7 Å². The molecule has 2 N–H and O–H groups in total. The van der Waals surface area contributed by atoms with Gasteiger partial charge in [0.15, 0.2) is 0 Å². The Bertz CT molecular complexity index is 1210. The van der Waals surface area contributed by atoms with Gasteiger partial charge in [-0.3, -0.25) is 14.4 Å². The van der Waals surface area contributed by atoms with E-state index in [1.54, 1.807) is 42.5 Å². The van der Waals surface area contributed by atoms with Crippen molar-refractivity contribution >= 4 is 58.4 Å². The molecule has 3 rings (SSSR count). The average molecular weight is 534 g/mol. The zero-order valence-electron chi connectivity index (χ0n) is 18.8. The smallest absolute Gasteiger partial charge is 0.319 e. The molecule has 0 aromatic heterocycles. The molecule has 11 heteroatoms. The third-order valence-electron chi connectivity index (χ3n) is 5.07. The van der Waals surface area contributed by atoms with Gasteiger partial charge in [-0.25, -0.2) is 0 Å². The van der Waals surface area contributed by atoms with Crippen molar-refractivity contribution in [2.75, 3.05) is 24.8 Å². The first-order chi connectivity index (χ1) is 16.8. The van der Waals surface area contributed by atoms with Crippen molar-refractivity contribution in [1.82, 2.24) is 5.32 Å². The monoisotopic (exact) mass is 533 g/mol. The van der Waals surface area contributed by atoms with Crippen molar-refractivity contribution in [3.63, 3.8) is 0 Å². The first-order valence-electron chi connectivity index (χ1n) is 10.4. The fourth-order valence-corrected chi connectivity index (χ4v) is 4.75. The Kier molecular flexibility index (Phi) is 9.04. The maximum atomic E-state index is 12.9. The molecule has 2 atom stereocenters. The van der Waals surface area contributed by atoms with Crippen LogP contribution in [0.1, 0.15) is 18.4 Å². The van der Waals surface area contributed by atoms with Crippen LogP contribution < -0.4 is 15.4 Å². The van der Waals surface area contributed by atoms with Crippen LogP contribution in [-0.4, -0.2) is 37.3 Å². The minimum atomic E-state index is -1.31. The molecule has 0 fully saturated rings. The van der Waals surface area contributed by atoms with E-state index in [9.17, 15) is 19.6 Å². The molecule has 0 bridgehead atoms. The SMILES string of the molecule is CCOc1ccc([C@@H]2C(C#N)=C(SCC(=O)Nc3ccc(Cl)cc3)NC(=O)[C@H]2C(=O)OC)cc1Cl. The summed E-state index contributed by atoms with van der Waals surface area (Å²) in [5.41, 5.74) is 1.13. The molecular formula is C24H21Cl2N3O5S. The van der Waals surface area contributed by atoms with Gasteiger partial charge in [0.2, 0.25) is 11.8 Å². The summed E-state index contributed by atoms with van der Waals surface area (Å²) in [6.45, 7) is 2.21. The number of methoxy groups -OCH3 is 1. The third-order valence-corrected chi connectivity index (χ3v) is 6.64. The molecule has 35 heavy (non-hydrogen) atoms. The summed E-state index contributed by atoms with van der Waals surface area (Å²) < 4.78 is 10.3. The fraction of sp³-hybridized carbons (Fsp3) is 0.250. The Labute approximate surface area is 216 Å². The van der Waals surface area contributed by atoms with Crippen LogP contribution in [0.4, 0.5) is 5.69 Å². The molecule has 0 saturated carbocycles. The number of carbonyl (C=O) groups is 3. The first kappa shape index (κ1) is 26.4. The Morgan fingerprint density at radius 1 is 1.20 bits per heavy atom. The van der Waals surface area contributed by atoms with Gasteiger partial charge in [-0.1, -0.05) is 41.0 Å². The number of hydrogen-bond donors (Lipinski definition) is 2. The lowest BCUT2D eigenvalue weighted by Crippen LogP contribution is -2.44. The van der Waals surface area contributed by atoms with Crippen LogP contribution in [0, 0.1) is 17.2 Å². The summed E-state index contributed by atoms with van der Waals surface area (Å²) in [4.78, 5) is 37.9. The largest absolute Gasteiger partial charge is 0.492 e. The van der Waals surface area contributed by atoms with Crippen LogP contribution in [0.5, 0.6) is 5.75 Å². The topological polar surface area (TPSA) is 118 Å².